The Morgan fingerprint density at radius 2 is 1.96 bits per heavy atom. The largest absolute Gasteiger partial charge is 0.342 e. The maximum absolute atomic E-state index is 13.3. The van der Waals surface area contributed by atoms with Gasteiger partial charge in [-0.2, -0.15) is 0 Å². The number of rotatable bonds is 3. The lowest BCUT2D eigenvalue weighted by Crippen LogP contribution is -2.27. The highest BCUT2D eigenvalue weighted by Gasteiger charge is 2.19. The molecule has 0 aliphatic heterocycles. The zero-order valence-electron chi connectivity index (χ0n) is 12.0. The van der Waals surface area contributed by atoms with Crippen molar-refractivity contribution in [3.8, 4) is 0 Å². The van der Waals surface area contributed by atoms with Crippen LogP contribution in [0.1, 0.15) is 29.1 Å². The second kappa shape index (κ2) is 5.96. The number of benzene rings is 2. The third kappa shape index (κ3) is 3.03. The van der Waals surface area contributed by atoms with Crippen molar-refractivity contribution in [2.45, 2.75) is 13.0 Å². The lowest BCUT2D eigenvalue weighted by atomic mass is 10.2. The van der Waals surface area contributed by atoms with Gasteiger partial charge in [0.15, 0.2) is 11.6 Å². The van der Waals surface area contributed by atoms with Gasteiger partial charge in [-0.05, 0) is 31.2 Å². The van der Waals surface area contributed by atoms with Gasteiger partial charge in [0.05, 0.1) is 27.7 Å². The minimum absolute atomic E-state index is 0.131. The molecule has 3 rings (SSSR count). The smallest absolute Gasteiger partial charge is 0.253 e. The number of para-hydroxylation sites is 2. The van der Waals surface area contributed by atoms with Crippen LogP contribution in [0, 0.1) is 11.6 Å². The van der Waals surface area contributed by atoms with E-state index in [4.69, 9.17) is 11.6 Å². The molecule has 3 aromatic rings. The van der Waals surface area contributed by atoms with Gasteiger partial charge in [-0.3, -0.25) is 4.79 Å². The number of nitrogens with zero attached hydrogens (tertiary/aromatic N) is 1. The van der Waals surface area contributed by atoms with E-state index >= 15 is 0 Å². The van der Waals surface area contributed by atoms with E-state index in [9.17, 15) is 13.6 Å². The van der Waals surface area contributed by atoms with Gasteiger partial charge in [-0.1, -0.05) is 23.7 Å². The third-order valence-electron chi connectivity index (χ3n) is 3.42. The fourth-order valence-electron chi connectivity index (χ4n) is 2.22. The van der Waals surface area contributed by atoms with Gasteiger partial charge >= 0.3 is 0 Å². The fraction of sp³-hybridized carbons (Fsp3) is 0.125. The molecule has 1 amide bonds. The SMILES string of the molecule is CC(NC(=O)c1cc(F)c(F)cc1Cl)c1nc2ccccc2[nH]1. The average molecular weight is 336 g/mol. The minimum atomic E-state index is -1.13. The zero-order valence-corrected chi connectivity index (χ0v) is 12.8. The van der Waals surface area contributed by atoms with Gasteiger partial charge in [0.2, 0.25) is 0 Å². The van der Waals surface area contributed by atoms with Crippen molar-refractivity contribution in [1.82, 2.24) is 15.3 Å². The van der Waals surface area contributed by atoms with Gasteiger partial charge < -0.3 is 10.3 Å². The van der Waals surface area contributed by atoms with Crippen molar-refractivity contribution < 1.29 is 13.6 Å². The Morgan fingerprint density at radius 1 is 1.26 bits per heavy atom. The van der Waals surface area contributed by atoms with Gasteiger partial charge in [0.25, 0.3) is 5.91 Å². The predicted molar refractivity (Wildman–Crippen MR) is 83.3 cm³/mol. The summed E-state index contributed by atoms with van der Waals surface area (Å²) in [6, 6.07) is 8.53. The molecule has 0 aliphatic rings. The molecule has 0 bridgehead atoms. The lowest BCUT2D eigenvalue weighted by Gasteiger charge is -2.12. The third-order valence-corrected chi connectivity index (χ3v) is 3.73. The Bertz CT molecular complexity index is 861. The van der Waals surface area contributed by atoms with Gasteiger partial charge in [-0.15, -0.1) is 0 Å². The first-order valence-corrected chi connectivity index (χ1v) is 7.23. The maximum Gasteiger partial charge on any atom is 0.253 e. The quantitative estimate of drug-likeness (QED) is 0.711. The number of halogens is 3. The molecule has 1 heterocycles. The number of fused-ring (bicyclic) bond motifs is 1. The Labute approximate surface area is 135 Å². The van der Waals surface area contributed by atoms with Crippen LogP contribution in [0.4, 0.5) is 8.78 Å². The molecule has 1 unspecified atom stereocenters. The number of aromatic amines is 1. The molecule has 0 saturated carbocycles. The number of hydrogen-bond acceptors (Lipinski definition) is 2. The lowest BCUT2D eigenvalue weighted by molar-refractivity contribution is 0.0938. The highest BCUT2D eigenvalue weighted by atomic mass is 35.5. The summed E-state index contributed by atoms with van der Waals surface area (Å²) in [5.74, 6) is -2.28. The van der Waals surface area contributed by atoms with Gasteiger partial charge in [-0.25, -0.2) is 13.8 Å². The van der Waals surface area contributed by atoms with Crippen LogP contribution in [0.3, 0.4) is 0 Å². The van der Waals surface area contributed by atoms with E-state index in [0.717, 1.165) is 23.2 Å². The summed E-state index contributed by atoms with van der Waals surface area (Å²) >= 11 is 5.80. The van der Waals surface area contributed by atoms with E-state index in [0.29, 0.717) is 5.82 Å². The van der Waals surface area contributed by atoms with E-state index in [1.54, 1.807) is 6.92 Å². The fourth-order valence-corrected chi connectivity index (χ4v) is 2.45. The summed E-state index contributed by atoms with van der Waals surface area (Å²) in [4.78, 5) is 19.7. The summed E-state index contributed by atoms with van der Waals surface area (Å²) in [6.45, 7) is 1.73. The van der Waals surface area contributed by atoms with Crippen LogP contribution < -0.4 is 5.32 Å². The van der Waals surface area contributed by atoms with Crippen LogP contribution in [-0.4, -0.2) is 15.9 Å². The summed E-state index contributed by atoms with van der Waals surface area (Å²) in [5, 5.41) is 2.50. The molecule has 0 spiro atoms. The standard InChI is InChI=1S/C16H12ClF2N3O/c1-8(15-21-13-4-2-3-5-14(13)22-15)20-16(23)9-6-11(18)12(19)7-10(9)17/h2-8H,1H3,(H,20,23)(H,21,22). The molecular formula is C16H12ClF2N3O. The van der Waals surface area contributed by atoms with Crippen molar-refractivity contribution >= 4 is 28.5 Å². The topological polar surface area (TPSA) is 57.8 Å². The van der Waals surface area contributed by atoms with Gasteiger partial charge in [0.1, 0.15) is 5.82 Å². The van der Waals surface area contributed by atoms with Crippen molar-refractivity contribution in [3.63, 3.8) is 0 Å². The monoisotopic (exact) mass is 335 g/mol. The van der Waals surface area contributed by atoms with Crippen LogP contribution >= 0.6 is 11.6 Å². The number of aromatic nitrogens is 2. The molecule has 0 fully saturated rings. The Morgan fingerprint density at radius 3 is 2.70 bits per heavy atom. The van der Waals surface area contributed by atoms with Crippen molar-refractivity contribution in [2.24, 2.45) is 0 Å². The summed E-state index contributed by atoms with van der Waals surface area (Å²) in [6.07, 6.45) is 0. The van der Waals surface area contributed by atoms with Crippen molar-refractivity contribution in [1.29, 1.82) is 0 Å². The Balaban J connectivity index is 1.83. The van der Waals surface area contributed by atoms with Gasteiger partial charge in [0, 0.05) is 0 Å². The van der Waals surface area contributed by atoms with Crippen molar-refractivity contribution in [2.75, 3.05) is 0 Å². The van der Waals surface area contributed by atoms with Crippen LogP contribution in [0.5, 0.6) is 0 Å². The highest BCUT2D eigenvalue weighted by molar-refractivity contribution is 6.33. The molecule has 0 radical (unpaired) electrons. The molecular weight excluding hydrogens is 324 g/mol. The number of carbonyl (C=O) groups excluding carboxylic acids is 1. The van der Waals surface area contributed by atoms with Crippen LogP contribution in [0.15, 0.2) is 36.4 Å². The maximum atomic E-state index is 13.3. The molecule has 2 aromatic carbocycles. The predicted octanol–water partition coefficient (Wildman–Crippen LogP) is 3.99. The number of carbonyl (C=O) groups is 1. The number of imidazole rings is 1. The number of hydrogen-bond donors (Lipinski definition) is 2. The molecule has 23 heavy (non-hydrogen) atoms. The van der Waals surface area contributed by atoms with E-state index in [1.807, 2.05) is 24.3 Å². The average Bonchev–Trinajstić information content (AvgIpc) is 2.95. The Hall–Kier alpha value is -2.47. The van der Waals surface area contributed by atoms with E-state index < -0.39 is 23.6 Å². The highest BCUT2D eigenvalue weighted by Crippen LogP contribution is 2.21. The number of H-pyrrole nitrogens is 1. The molecule has 118 valence electrons. The first-order chi connectivity index (χ1) is 11.0. The summed E-state index contributed by atoms with van der Waals surface area (Å²) in [5.41, 5.74) is 1.48. The Kier molecular flexibility index (Phi) is 4.00. The molecule has 1 atom stereocenters. The van der Waals surface area contributed by atoms with Crippen LogP contribution in [0.25, 0.3) is 11.0 Å². The molecule has 7 heteroatoms. The molecule has 1 aromatic heterocycles. The molecule has 0 aliphatic carbocycles. The molecule has 2 N–H and O–H groups in total. The van der Waals surface area contributed by atoms with E-state index in [-0.39, 0.29) is 10.6 Å². The molecule has 0 saturated heterocycles. The molecule has 4 nitrogen and oxygen atoms in total. The minimum Gasteiger partial charge on any atom is -0.342 e. The van der Waals surface area contributed by atoms with Crippen LogP contribution in [-0.2, 0) is 0 Å². The first-order valence-electron chi connectivity index (χ1n) is 6.86. The van der Waals surface area contributed by atoms with E-state index in [1.165, 1.54) is 0 Å². The second-order valence-corrected chi connectivity index (χ2v) is 5.49. The summed E-state index contributed by atoms with van der Waals surface area (Å²) < 4.78 is 26.3. The van der Waals surface area contributed by atoms with E-state index in [2.05, 4.69) is 15.3 Å². The number of amides is 1. The van der Waals surface area contributed by atoms with Crippen LogP contribution in [0.2, 0.25) is 5.02 Å². The zero-order chi connectivity index (χ0) is 16.6. The normalized spacial score (nSPS) is 12.3. The van der Waals surface area contributed by atoms with Crippen molar-refractivity contribution in [3.05, 3.63) is 64.4 Å². The first kappa shape index (κ1) is 15.4. The number of nitrogens with one attached hydrogen (secondary N) is 2. The summed E-state index contributed by atoms with van der Waals surface area (Å²) in [7, 11) is 0. The second-order valence-electron chi connectivity index (χ2n) is 5.08.